The van der Waals surface area contributed by atoms with E-state index in [1.165, 1.54) is 50.6 Å². The van der Waals surface area contributed by atoms with Crippen molar-refractivity contribution >= 4 is 24.2 Å². The minimum Gasteiger partial charge on any atom is -0.320 e. The number of benzene rings is 1. The predicted octanol–water partition coefficient (Wildman–Crippen LogP) is 9.62. The lowest BCUT2D eigenvalue weighted by Gasteiger charge is -2.63. The molecule has 0 spiro atoms. The molecule has 0 aromatic heterocycles. The second-order valence-corrected chi connectivity index (χ2v) is 16.6. The molecule has 3 N–H and O–H groups in total. The quantitative estimate of drug-likeness (QED) is 0.151. The van der Waals surface area contributed by atoms with Gasteiger partial charge in [-0.1, -0.05) is 79.9 Å². The fourth-order valence-electron chi connectivity index (χ4n) is 10.7. The molecular formula is C37H63N3OS. The van der Waals surface area contributed by atoms with E-state index < -0.39 is 0 Å². The zero-order valence-corrected chi connectivity index (χ0v) is 29.0. The summed E-state index contributed by atoms with van der Waals surface area (Å²) in [6, 6.07) is 8.17. The third-order valence-corrected chi connectivity index (χ3v) is 13.5. The minimum atomic E-state index is 0.173. The van der Waals surface area contributed by atoms with Gasteiger partial charge in [0.2, 0.25) is 6.41 Å². The van der Waals surface area contributed by atoms with Crippen LogP contribution in [-0.2, 0) is 10.2 Å². The molecule has 9 atom stereocenters. The first kappa shape index (κ1) is 33.7. The van der Waals surface area contributed by atoms with Crippen molar-refractivity contribution in [2.45, 2.75) is 125 Å². The maximum atomic E-state index is 10.0. The molecule has 5 rings (SSSR count). The molecule has 4 nitrogen and oxygen atoms in total. The summed E-state index contributed by atoms with van der Waals surface area (Å²) < 4.78 is 5.47. The Labute approximate surface area is 263 Å². The Morgan fingerprint density at radius 1 is 0.976 bits per heavy atom. The Balaban J connectivity index is 0.000000230. The zero-order valence-electron chi connectivity index (χ0n) is 28.2. The first-order valence-corrected chi connectivity index (χ1v) is 18.2. The maximum absolute atomic E-state index is 10.0. The summed E-state index contributed by atoms with van der Waals surface area (Å²) in [6.45, 7) is 18.3. The molecule has 5 heteroatoms. The van der Waals surface area contributed by atoms with E-state index in [1.807, 2.05) is 12.1 Å². The number of hydrogen-bond acceptors (Lipinski definition) is 4. The van der Waals surface area contributed by atoms with E-state index in [1.54, 1.807) is 32.1 Å². The van der Waals surface area contributed by atoms with Gasteiger partial charge in [0.15, 0.2) is 0 Å². The highest BCUT2D eigenvalue weighted by Gasteiger charge is 2.61. The molecule has 4 saturated carbocycles. The van der Waals surface area contributed by atoms with Crippen LogP contribution in [0.15, 0.2) is 24.3 Å². The molecule has 0 radical (unpaired) electrons. The maximum Gasteiger partial charge on any atom is 0.218 e. The number of fused-ring (bicyclic) bond motifs is 5. The molecule has 4 aliphatic rings. The van der Waals surface area contributed by atoms with Gasteiger partial charge in [-0.3, -0.25) is 9.52 Å². The van der Waals surface area contributed by atoms with Gasteiger partial charge in [-0.25, -0.2) is 0 Å². The Kier molecular flexibility index (Phi) is 11.4. The fraction of sp³-hybridized carbons (Fsp3) is 0.811. The third kappa shape index (κ3) is 7.03. The number of carbonyl (C=O) groups excluding carboxylic acids is 1. The van der Waals surface area contributed by atoms with Gasteiger partial charge in [-0.15, -0.1) is 0 Å². The number of carbonyl (C=O) groups is 1. The molecule has 4 aliphatic carbocycles. The van der Waals surface area contributed by atoms with Gasteiger partial charge in [0, 0.05) is 5.69 Å². The molecule has 42 heavy (non-hydrogen) atoms. The average molecular weight is 598 g/mol. The van der Waals surface area contributed by atoms with Gasteiger partial charge in [0.05, 0.1) is 12.1 Å². The van der Waals surface area contributed by atoms with Crippen molar-refractivity contribution in [1.82, 2.24) is 10.0 Å². The van der Waals surface area contributed by atoms with Crippen LogP contribution >= 0.6 is 12.1 Å². The van der Waals surface area contributed by atoms with Crippen molar-refractivity contribution in [1.29, 1.82) is 0 Å². The molecule has 0 aliphatic heterocycles. The van der Waals surface area contributed by atoms with Crippen LogP contribution in [0.1, 0.15) is 125 Å². The second kappa shape index (κ2) is 14.3. The topological polar surface area (TPSA) is 53.2 Å². The molecule has 0 saturated heterocycles. The highest BCUT2D eigenvalue weighted by molar-refractivity contribution is 7.99. The van der Waals surface area contributed by atoms with Crippen molar-refractivity contribution in [2.75, 3.05) is 18.3 Å². The lowest BCUT2D eigenvalue weighted by molar-refractivity contribution is -0.138. The minimum absolute atomic E-state index is 0.173. The molecule has 1 amide bonds. The SMILES string of the molecule is CC(C)(C)c1ccc(NSNC=O)cc1.CC[C@H]1CC2C3CCC([C@H](C)CCNC)C3(C)CC[C@@H]2C2(C)CCCCC12. The van der Waals surface area contributed by atoms with Gasteiger partial charge in [-0.05, 0) is 140 Å². The van der Waals surface area contributed by atoms with Crippen LogP contribution in [0.3, 0.4) is 0 Å². The first-order chi connectivity index (χ1) is 20.0. The van der Waals surface area contributed by atoms with E-state index in [4.69, 9.17) is 0 Å². The van der Waals surface area contributed by atoms with Crippen LogP contribution < -0.4 is 14.8 Å². The van der Waals surface area contributed by atoms with Gasteiger partial charge < -0.3 is 10.0 Å². The Morgan fingerprint density at radius 2 is 1.69 bits per heavy atom. The molecule has 238 valence electrons. The van der Waals surface area contributed by atoms with Gasteiger partial charge >= 0.3 is 0 Å². The summed E-state index contributed by atoms with van der Waals surface area (Å²) in [4.78, 5) is 10.0. The standard InChI is InChI=1S/C26H47N.C11H16N2OS/c1-6-19-17-20-23-11-10-21(18(2)13-16-27-5)26(23,4)15-12-24(20)25(3)14-8-7-9-22(19)25;1-11(2,3)9-4-6-10(7-5-9)13-15-12-8-14/h18-24,27H,6-17H2,1-5H3;4-8,13H,1-3H3,(H,12,14)/t18-,19+,20?,21?,22?,23?,24+,25?,26?;/m1./s1. The average Bonchev–Trinajstić information content (AvgIpc) is 3.33. The molecule has 1 aromatic rings. The monoisotopic (exact) mass is 597 g/mol. The van der Waals surface area contributed by atoms with Crippen LogP contribution in [-0.4, -0.2) is 20.0 Å². The summed E-state index contributed by atoms with van der Waals surface area (Å²) in [5.74, 6) is 7.09. The van der Waals surface area contributed by atoms with Crippen LogP contribution in [0, 0.1) is 52.3 Å². The smallest absolute Gasteiger partial charge is 0.218 e. The highest BCUT2D eigenvalue weighted by atomic mass is 32.2. The Morgan fingerprint density at radius 3 is 2.33 bits per heavy atom. The summed E-state index contributed by atoms with van der Waals surface area (Å²) in [7, 11) is 2.12. The van der Waals surface area contributed by atoms with E-state index in [9.17, 15) is 4.79 Å². The molecular weight excluding hydrogens is 534 g/mol. The van der Waals surface area contributed by atoms with Crippen LogP contribution in [0.25, 0.3) is 0 Å². The Hall–Kier alpha value is -1.20. The fourth-order valence-corrected chi connectivity index (χ4v) is 11.1. The number of nitrogens with one attached hydrogen (secondary N) is 3. The summed E-state index contributed by atoms with van der Waals surface area (Å²) in [6.07, 6.45) is 17.3. The van der Waals surface area contributed by atoms with E-state index in [0.717, 1.165) is 59.2 Å². The summed E-state index contributed by atoms with van der Waals surface area (Å²) in [5, 5.41) is 3.40. The van der Waals surface area contributed by atoms with E-state index in [-0.39, 0.29) is 5.41 Å². The lowest BCUT2D eigenvalue weighted by atomic mass is 9.42. The molecule has 4 fully saturated rings. The number of anilines is 1. The molecule has 0 bridgehead atoms. The summed E-state index contributed by atoms with van der Waals surface area (Å²) >= 11 is 1.15. The molecule has 6 unspecified atom stereocenters. The summed E-state index contributed by atoms with van der Waals surface area (Å²) in [5.41, 5.74) is 3.76. The van der Waals surface area contributed by atoms with Crippen molar-refractivity contribution in [3.63, 3.8) is 0 Å². The van der Waals surface area contributed by atoms with E-state index in [0.29, 0.717) is 17.2 Å². The normalized spacial score (nSPS) is 36.4. The number of hydrogen-bond donors (Lipinski definition) is 3. The van der Waals surface area contributed by atoms with Crippen LogP contribution in [0.4, 0.5) is 5.69 Å². The van der Waals surface area contributed by atoms with Crippen molar-refractivity contribution in [3.05, 3.63) is 29.8 Å². The zero-order chi connectivity index (χ0) is 30.5. The first-order valence-electron chi connectivity index (χ1n) is 17.4. The largest absolute Gasteiger partial charge is 0.320 e. The van der Waals surface area contributed by atoms with E-state index in [2.05, 4.69) is 82.4 Å². The number of amides is 1. The molecule has 0 heterocycles. The van der Waals surface area contributed by atoms with E-state index >= 15 is 0 Å². The van der Waals surface area contributed by atoms with Crippen LogP contribution in [0.2, 0.25) is 0 Å². The van der Waals surface area contributed by atoms with Gasteiger partial charge in [-0.2, -0.15) is 0 Å². The van der Waals surface area contributed by atoms with Gasteiger partial charge in [0.25, 0.3) is 0 Å². The number of rotatable bonds is 9. The van der Waals surface area contributed by atoms with Crippen molar-refractivity contribution < 1.29 is 4.79 Å². The predicted molar refractivity (Wildman–Crippen MR) is 182 cm³/mol. The second-order valence-electron chi connectivity index (χ2n) is 16.0. The van der Waals surface area contributed by atoms with Crippen molar-refractivity contribution in [3.8, 4) is 0 Å². The van der Waals surface area contributed by atoms with Gasteiger partial charge in [0.1, 0.15) is 0 Å². The van der Waals surface area contributed by atoms with Crippen molar-refractivity contribution in [2.24, 2.45) is 52.3 Å². The molecule has 1 aromatic carbocycles. The van der Waals surface area contributed by atoms with Crippen LogP contribution in [0.5, 0.6) is 0 Å². The lowest BCUT2D eigenvalue weighted by Crippen LogP contribution is -2.55. The Bertz CT molecular complexity index is 992. The third-order valence-electron chi connectivity index (χ3n) is 12.9. The highest BCUT2D eigenvalue weighted by Crippen LogP contribution is 2.69.